The molecule has 0 bridgehead atoms. The van der Waals surface area contributed by atoms with E-state index in [2.05, 4.69) is 10.1 Å². The van der Waals surface area contributed by atoms with Crippen molar-refractivity contribution in [3.05, 3.63) is 95.4 Å². The lowest BCUT2D eigenvalue weighted by molar-refractivity contribution is 0.0656. The molecule has 1 atom stereocenters. The lowest BCUT2D eigenvalue weighted by atomic mass is 9.97. The molecule has 8 heteroatoms. The molecule has 5 rings (SSSR count). The molecule has 1 fully saturated rings. The molecule has 4 aromatic rings. The van der Waals surface area contributed by atoms with Crippen LogP contribution in [0.4, 0.5) is 8.78 Å². The van der Waals surface area contributed by atoms with Gasteiger partial charge in [-0.25, -0.2) is 13.8 Å². The van der Waals surface area contributed by atoms with Crippen molar-refractivity contribution in [2.75, 3.05) is 13.1 Å². The summed E-state index contributed by atoms with van der Waals surface area (Å²) in [7, 11) is 0. The van der Waals surface area contributed by atoms with Crippen molar-refractivity contribution in [3.63, 3.8) is 0 Å². The number of rotatable bonds is 5. The summed E-state index contributed by atoms with van der Waals surface area (Å²) >= 11 is 0. The highest BCUT2D eigenvalue weighted by atomic mass is 19.1. The summed E-state index contributed by atoms with van der Waals surface area (Å²) in [5, 5.41) is 3.87. The highest BCUT2D eigenvalue weighted by Gasteiger charge is 2.30. The molecule has 2 aromatic carbocycles. The first-order valence-electron chi connectivity index (χ1n) is 10.8. The fourth-order valence-electron chi connectivity index (χ4n) is 4.13. The third-order valence-corrected chi connectivity index (χ3v) is 5.77. The molecular formula is C25H21F2N3O3. The average Bonchev–Trinajstić information content (AvgIpc) is 3.49. The van der Waals surface area contributed by atoms with Crippen molar-refractivity contribution >= 4 is 5.91 Å². The molecule has 0 N–H and O–H groups in total. The fraction of sp³-hybridized carbons (Fsp3) is 0.240. The van der Waals surface area contributed by atoms with Crippen LogP contribution < -0.4 is 0 Å². The van der Waals surface area contributed by atoms with E-state index >= 15 is 0 Å². The zero-order chi connectivity index (χ0) is 22.8. The maximum atomic E-state index is 14.0. The standard InChI is InChI=1S/C25H21F2N3O3/c26-18-7-3-5-16(11-18)12-19-14-28-24(32-19)17-6-4-10-30(15-17)25(31)23-13-22(29-33-23)20-8-1-2-9-21(20)27/h1-3,5,7-9,11,13-14,17H,4,6,10,12,15H2/t17-/m1/s1. The second-order valence-corrected chi connectivity index (χ2v) is 8.12. The minimum absolute atomic E-state index is 0.0575. The van der Waals surface area contributed by atoms with Crippen LogP contribution in [0.25, 0.3) is 11.3 Å². The van der Waals surface area contributed by atoms with Gasteiger partial charge in [0.25, 0.3) is 5.91 Å². The molecule has 0 spiro atoms. The van der Waals surface area contributed by atoms with Crippen molar-refractivity contribution < 1.29 is 22.5 Å². The van der Waals surface area contributed by atoms with Crippen LogP contribution in [-0.2, 0) is 6.42 Å². The quantitative estimate of drug-likeness (QED) is 0.418. The molecule has 0 unspecified atom stereocenters. The lowest BCUT2D eigenvalue weighted by Crippen LogP contribution is -2.39. The molecule has 0 saturated carbocycles. The van der Waals surface area contributed by atoms with Crippen molar-refractivity contribution in [1.82, 2.24) is 15.0 Å². The second kappa shape index (κ2) is 8.97. The maximum absolute atomic E-state index is 14.0. The average molecular weight is 449 g/mol. The zero-order valence-corrected chi connectivity index (χ0v) is 17.7. The highest BCUT2D eigenvalue weighted by Crippen LogP contribution is 2.29. The van der Waals surface area contributed by atoms with Crippen LogP contribution in [0.3, 0.4) is 0 Å². The predicted octanol–water partition coefficient (Wildman–Crippen LogP) is 5.22. The third kappa shape index (κ3) is 4.55. The van der Waals surface area contributed by atoms with E-state index in [0.29, 0.717) is 31.2 Å². The molecule has 1 aliphatic rings. The normalized spacial score (nSPS) is 16.2. The van der Waals surface area contributed by atoms with Gasteiger partial charge in [-0.3, -0.25) is 4.79 Å². The summed E-state index contributed by atoms with van der Waals surface area (Å²) in [6.07, 6.45) is 3.71. The summed E-state index contributed by atoms with van der Waals surface area (Å²) in [5.74, 6) is 0.180. The van der Waals surface area contributed by atoms with Gasteiger partial charge in [-0.1, -0.05) is 29.4 Å². The van der Waals surface area contributed by atoms with E-state index in [0.717, 1.165) is 18.4 Å². The Morgan fingerprint density at radius 3 is 2.85 bits per heavy atom. The Morgan fingerprint density at radius 1 is 1.12 bits per heavy atom. The number of benzene rings is 2. The summed E-state index contributed by atoms with van der Waals surface area (Å²) in [4.78, 5) is 19.1. The van der Waals surface area contributed by atoms with Crippen molar-refractivity contribution in [1.29, 1.82) is 0 Å². The molecule has 3 heterocycles. The number of nitrogens with zero attached hydrogens (tertiary/aromatic N) is 3. The number of aromatic nitrogens is 2. The van der Waals surface area contributed by atoms with Gasteiger partial charge in [0, 0.05) is 31.1 Å². The lowest BCUT2D eigenvalue weighted by Gasteiger charge is -2.30. The van der Waals surface area contributed by atoms with Gasteiger partial charge in [-0.15, -0.1) is 0 Å². The molecule has 2 aromatic heterocycles. The maximum Gasteiger partial charge on any atom is 0.292 e. The van der Waals surface area contributed by atoms with E-state index in [1.807, 2.05) is 6.07 Å². The Bertz CT molecular complexity index is 1280. The van der Waals surface area contributed by atoms with Gasteiger partial charge in [0.15, 0.2) is 5.89 Å². The first-order valence-corrected chi connectivity index (χ1v) is 10.8. The number of likely N-dealkylation sites (tertiary alicyclic amines) is 1. The predicted molar refractivity (Wildman–Crippen MR) is 115 cm³/mol. The molecule has 33 heavy (non-hydrogen) atoms. The molecule has 6 nitrogen and oxygen atoms in total. The highest BCUT2D eigenvalue weighted by molar-refractivity contribution is 5.92. The Kier molecular flexibility index (Phi) is 5.73. The first-order chi connectivity index (χ1) is 16.1. The summed E-state index contributed by atoms with van der Waals surface area (Å²) in [5.41, 5.74) is 1.36. The molecule has 0 radical (unpaired) electrons. The third-order valence-electron chi connectivity index (χ3n) is 5.77. The molecular weight excluding hydrogens is 428 g/mol. The van der Waals surface area contributed by atoms with Crippen LogP contribution in [0, 0.1) is 11.6 Å². The van der Waals surface area contributed by atoms with E-state index in [1.165, 1.54) is 24.3 Å². The van der Waals surface area contributed by atoms with Crippen LogP contribution in [0.2, 0.25) is 0 Å². The Morgan fingerprint density at radius 2 is 2.00 bits per heavy atom. The number of piperidine rings is 1. The van der Waals surface area contributed by atoms with Gasteiger partial charge < -0.3 is 13.8 Å². The van der Waals surface area contributed by atoms with E-state index in [4.69, 9.17) is 8.94 Å². The summed E-state index contributed by atoms with van der Waals surface area (Å²) in [6, 6.07) is 14.0. The number of halogens is 2. The summed E-state index contributed by atoms with van der Waals surface area (Å²) < 4.78 is 38.6. The number of carbonyl (C=O) groups excluding carboxylic acids is 1. The minimum atomic E-state index is -0.430. The second-order valence-electron chi connectivity index (χ2n) is 8.12. The van der Waals surface area contributed by atoms with Gasteiger partial charge >= 0.3 is 0 Å². The molecule has 168 valence electrons. The van der Waals surface area contributed by atoms with Crippen LogP contribution in [0.15, 0.2) is 69.7 Å². The van der Waals surface area contributed by atoms with Crippen LogP contribution in [0.5, 0.6) is 0 Å². The number of hydrogen-bond donors (Lipinski definition) is 0. The van der Waals surface area contributed by atoms with Crippen LogP contribution in [-0.4, -0.2) is 34.0 Å². The minimum Gasteiger partial charge on any atom is -0.445 e. The molecule has 1 saturated heterocycles. The zero-order valence-electron chi connectivity index (χ0n) is 17.7. The molecule has 1 aliphatic heterocycles. The fourth-order valence-corrected chi connectivity index (χ4v) is 4.13. The van der Waals surface area contributed by atoms with Crippen LogP contribution in [0.1, 0.15) is 46.5 Å². The SMILES string of the molecule is O=C(c1cc(-c2ccccc2F)no1)N1CCC[C@@H](c2ncc(Cc3cccc(F)c3)o2)C1. The number of oxazole rings is 1. The topological polar surface area (TPSA) is 72.4 Å². The summed E-state index contributed by atoms with van der Waals surface area (Å²) in [6.45, 7) is 0.996. The van der Waals surface area contributed by atoms with Gasteiger partial charge in [-0.05, 0) is 42.7 Å². The van der Waals surface area contributed by atoms with Crippen molar-refractivity contribution in [3.8, 4) is 11.3 Å². The Hall–Kier alpha value is -3.81. The van der Waals surface area contributed by atoms with E-state index < -0.39 is 5.82 Å². The van der Waals surface area contributed by atoms with Gasteiger partial charge in [0.05, 0.1) is 12.1 Å². The van der Waals surface area contributed by atoms with E-state index in [-0.39, 0.29) is 34.7 Å². The first kappa shape index (κ1) is 21.1. The smallest absolute Gasteiger partial charge is 0.292 e. The van der Waals surface area contributed by atoms with Gasteiger partial charge in [0.1, 0.15) is 23.1 Å². The Labute approximate surface area is 188 Å². The Balaban J connectivity index is 1.27. The van der Waals surface area contributed by atoms with E-state index in [1.54, 1.807) is 35.4 Å². The monoisotopic (exact) mass is 449 g/mol. The van der Waals surface area contributed by atoms with Gasteiger partial charge in [-0.2, -0.15) is 0 Å². The number of hydrogen-bond acceptors (Lipinski definition) is 5. The van der Waals surface area contributed by atoms with Crippen LogP contribution >= 0.6 is 0 Å². The molecule has 0 aliphatic carbocycles. The number of carbonyl (C=O) groups is 1. The van der Waals surface area contributed by atoms with Gasteiger partial charge in [0.2, 0.25) is 5.76 Å². The number of amides is 1. The van der Waals surface area contributed by atoms with E-state index in [9.17, 15) is 13.6 Å². The van der Waals surface area contributed by atoms with Crippen molar-refractivity contribution in [2.24, 2.45) is 0 Å². The molecule has 1 amide bonds. The largest absolute Gasteiger partial charge is 0.445 e. The van der Waals surface area contributed by atoms with Crippen molar-refractivity contribution in [2.45, 2.75) is 25.2 Å².